The molecule has 0 aromatic heterocycles. The Bertz CT molecular complexity index is 641. The number of hydrogen-bond acceptors (Lipinski definition) is 2. The Kier molecular flexibility index (Phi) is 4.34. The van der Waals surface area contributed by atoms with Crippen LogP contribution in [0.5, 0.6) is 5.75 Å². The van der Waals surface area contributed by atoms with Gasteiger partial charge in [0.25, 0.3) is 5.91 Å². The highest BCUT2D eigenvalue weighted by molar-refractivity contribution is 9.10. The van der Waals surface area contributed by atoms with Crippen LogP contribution in [0.3, 0.4) is 0 Å². The highest BCUT2D eigenvalue weighted by Crippen LogP contribution is 2.23. The third kappa shape index (κ3) is 2.96. The molecular weight excluding hydrogens is 332 g/mol. The number of rotatable bonds is 3. The van der Waals surface area contributed by atoms with Gasteiger partial charge < -0.3 is 10.1 Å². The van der Waals surface area contributed by atoms with Crippen molar-refractivity contribution < 1.29 is 18.3 Å². The van der Waals surface area contributed by atoms with Crippen molar-refractivity contribution >= 4 is 27.5 Å². The molecule has 0 atom stereocenters. The molecule has 0 saturated heterocycles. The zero-order valence-corrected chi connectivity index (χ0v) is 12.0. The number of amides is 1. The Morgan fingerprint density at radius 1 is 1.20 bits per heavy atom. The van der Waals surface area contributed by atoms with E-state index in [-0.39, 0.29) is 17.0 Å². The molecule has 2 aromatic carbocycles. The second kappa shape index (κ2) is 6.00. The summed E-state index contributed by atoms with van der Waals surface area (Å²) in [5, 5.41) is 2.43. The standard InChI is InChI=1S/C14H10BrF2NO2/c1-20-12-6-5-8(7-11(12)17)18-14(19)13-9(15)3-2-4-10(13)16/h2-7H,1H3,(H,18,19). The number of carbonyl (C=O) groups excluding carboxylic acids is 1. The summed E-state index contributed by atoms with van der Waals surface area (Å²) in [6.07, 6.45) is 0. The summed E-state index contributed by atoms with van der Waals surface area (Å²) < 4.78 is 32.2. The Morgan fingerprint density at radius 2 is 1.95 bits per heavy atom. The van der Waals surface area contributed by atoms with Crippen molar-refractivity contribution in [3.05, 3.63) is 58.1 Å². The van der Waals surface area contributed by atoms with Gasteiger partial charge in [0.15, 0.2) is 11.6 Å². The predicted octanol–water partition coefficient (Wildman–Crippen LogP) is 3.99. The number of ether oxygens (including phenoxy) is 1. The number of benzene rings is 2. The molecule has 0 spiro atoms. The molecular formula is C14H10BrF2NO2. The van der Waals surface area contributed by atoms with Crippen LogP contribution >= 0.6 is 15.9 Å². The fourth-order valence-corrected chi connectivity index (χ4v) is 2.17. The molecule has 6 heteroatoms. The van der Waals surface area contributed by atoms with E-state index in [0.717, 1.165) is 6.07 Å². The number of carbonyl (C=O) groups is 1. The van der Waals surface area contributed by atoms with E-state index in [9.17, 15) is 13.6 Å². The molecule has 0 unspecified atom stereocenters. The maximum absolute atomic E-state index is 13.6. The molecule has 2 aromatic rings. The van der Waals surface area contributed by atoms with E-state index in [4.69, 9.17) is 4.74 Å². The average Bonchev–Trinajstić information content (AvgIpc) is 2.38. The van der Waals surface area contributed by atoms with Crippen molar-refractivity contribution in [2.24, 2.45) is 0 Å². The minimum absolute atomic E-state index is 0.0649. The maximum atomic E-state index is 13.6. The van der Waals surface area contributed by atoms with Crippen molar-refractivity contribution in [3.8, 4) is 5.75 Å². The summed E-state index contributed by atoms with van der Waals surface area (Å²) >= 11 is 3.10. The maximum Gasteiger partial charge on any atom is 0.259 e. The Balaban J connectivity index is 2.26. The third-order valence-electron chi connectivity index (χ3n) is 2.60. The number of hydrogen-bond donors (Lipinski definition) is 1. The van der Waals surface area contributed by atoms with Crippen LogP contribution in [0.25, 0.3) is 0 Å². The van der Waals surface area contributed by atoms with Gasteiger partial charge in [0.05, 0.1) is 12.7 Å². The fourth-order valence-electron chi connectivity index (χ4n) is 1.65. The van der Waals surface area contributed by atoms with Gasteiger partial charge in [-0.25, -0.2) is 8.78 Å². The summed E-state index contributed by atoms with van der Waals surface area (Å²) in [5.41, 5.74) is 0.0761. The minimum Gasteiger partial charge on any atom is -0.494 e. The second-order valence-electron chi connectivity index (χ2n) is 3.90. The largest absolute Gasteiger partial charge is 0.494 e. The normalized spacial score (nSPS) is 10.2. The molecule has 0 fully saturated rings. The Hall–Kier alpha value is -1.95. The zero-order chi connectivity index (χ0) is 14.7. The van der Waals surface area contributed by atoms with Crippen molar-refractivity contribution in [2.45, 2.75) is 0 Å². The predicted molar refractivity (Wildman–Crippen MR) is 75.0 cm³/mol. The smallest absolute Gasteiger partial charge is 0.259 e. The lowest BCUT2D eigenvalue weighted by Crippen LogP contribution is -2.14. The SMILES string of the molecule is COc1ccc(NC(=O)c2c(F)cccc2Br)cc1F. The molecule has 1 N–H and O–H groups in total. The summed E-state index contributed by atoms with van der Waals surface area (Å²) in [6, 6.07) is 8.14. The van der Waals surface area contributed by atoms with Crippen LogP contribution in [-0.4, -0.2) is 13.0 Å². The first-order chi connectivity index (χ1) is 9.52. The fraction of sp³-hybridized carbons (Fsp3) is 0.0714. The number of methoxy groups -OCH3 is 1. The molecule has 0 radical (unpaired) electrons. The third-order valence-corrected chi connectivity index (χ3v) is 3.26. The molecule has 0 bridgehead atoms. The summed E-state index contributed by atoms with van der Waals surface area (Å²) in [4.78, 5) is 12.0. The van der Waals surface area contributed by atoms with Crippen LogP contribution in [0.15, 0.2) is 40.9 Å². The van der Waals surface area contributed by atoms with Gasteiger partial charge in [0.1, 0.15) is 5.82 Å². The molecule has 1 amide bonds. The quantitative estimate of drug-likeness (QED) is 0.916. The minimum atomic E-state index is -0.667. The lowest BCUT2D eigenvalue weighted by atomic mass is 10.2. The number of anilines is 1. The van der Waals surface area contributed by atoms with Crippen LogP contribution in [-0.2, 0) is 0 Å². The van der Waals surface area contributed by atoms with Crippen LogP contribution < -0.4 is 10.1 Å². The second-order valence-corrected chi connectivity index (χ2v) is 4.75. The van der Waals surface area contributed by atoms with Crippen molar-refractivity contribution in [3.63, 3.8) is 0 Å². The van der Waals surface area contributed by atoms with Crippen LogP contribution in [0.4, 0.5) is 14.5 Å². The topological polar surface area (TPSA) is 38.3 Å². The molecule has 3 nitrogen and oxygen atoms in total. The van der Waals surface area contributed by atoms with Crippen LogP contribution in [0.2, 0.25) is 0 Å². The van der Waals surface area contributed by atoms with Gasteiger partial charge in [-0.1, -0.05) is 6.07 Å². The summed E-state index contributed by atoms with van der Waals surface area (Å²) in [5.74, 6) is -1.88. The van der Waals surface area contributed by atoms with Crippen LogP contribution in [0.1, 0.15) is 10.4 Å². The van der Waals surface area contributed by atoms with Gasteiger partial charge in [-0.3, -0.25) is 4.79 Å². The summed E-state index contributed by atoms with van der Waals surface area (Å²) in [6.45, 7) is 0. The first kappa shape index (κ1) is 14.5. The Morgan fingerprint density at radius 3 is 2.55 bits per heavy atom. The van der Waals surface area contributed by atoms with Gasteiger partial charge in [-0.2, -0.15) is 0 Å². The van der Waals surface area contributed by atoms with E-state index < -0.39 is 17.5 Å². The van der Waals surface area contributed by atoms with Crippen molar-refractivity contribution in [1.82, 2.24) is 0 Å². The highest BCUT2D eigenvalue weighted by atomic mass is 79.9. The van der Waals surface area contributed by atoms with E-state index in [2.05, 4.69) is 21.2 Å². The molecule has 0 aliphatic heterocycles. The summed E-state index contributed by atoms with van der Waals surface area (Å²) in [7, 11) is 1.34. The van der Waals surface area contributed by atoms with E-state index in [0.29, 0.717) is 4.47 Å². The van der Waals surface area contributed by atoms with E-state index in [1.165, 1.54) is 31.4 Å². The Labute approximate surface area is 122 Å². The highest BCUT2D eigenvalue weighted by Gasteiger charge is 2.16. The molecule has 20 heavy (non-hydrogen) atoms. The van der Waals surface area contributed by atoms with E-state index in [1.54, 1.807) is 6.07 Å². The lowest BCUT2D eigenvalue weighted by molar-refractivity contribution is 0.102. The molecule has 2 rings (SSSR count). The monoisotopic (exact) mass is 341 g/mol. The first-order valence-corrected chi connectivity index (χ1v) is 6.41. The molecule has 0 aliphatic carbocycles. The first-order valence-electron chi connectivity index (χ1n) is 5.62. The van der Waals surface area contributed by atoms with Gasteiger partial charge in [-0.15, -0.1) is 0 Å². The molecule has 0 aliphatic rings. The van der Waals surface area contributed by atoms with Crippen molar-refractivity contribution in [2.75, 3.05) is 12.4 Å². The van der Waals surface area contributed by atoms with Crippen molar-refractivity contribution in [1.29, 1.82) is 0 Å². The van der Waals surface area contributed by atoms with Gasteiger partial charge in [0, 0.05) is 16.2 Å². The van der Waals surface area contributed by atoms with Gasteiger partial charge in [-0.05, 0) is 40.2 Å². The van der Waals surface area contributed by atoms with Crippen LogP contribution in [0, 0.1) is 11.6 Å². The number of halogens is 3. The molecule has 0 heterocycles. The molecule has 104 valence electrons. The average molecular weight is 342 g/mol. The van der Waals surface area contributed by atoms with E-state index in [1.807, 2.05) is 0 Å². The van der Waals surface area contributed by atoms with Gasteiger partial charge >= 0.3 is 0 Å². The van der Waals surface area contributed by atoms with E-state index >= 15 is 0 Å². The molecule has 0 saturated carbocycles. The zero-order valence-electron chi connectivity index (χ0n) is 10.4. The van der Waals surface area contributed by atoms with Gasteiger partial charge in [0.2, 0.25) is 0 Å². The number of nitrogens with one attached hydrogen (secondary N) is 1. The lowest BCUT2D eigenvalue weighted by Gasteiger charge is -2.09.